The predicted octanol–water partition coefficient (Wildman–Crippen LogP) is 0.773. The fourth-order valence-corrected chi connectivity index (χ4v) is 5.27. The number of nitrogens with zero attached hydrogens (tertiary/aromatic N) is 4. The molecule has 15 heteroatoms. The van der Waals surface area contributed by atoms with Crippen molar-refractivity contribution in [3.05, 3.63) is 43.0 Å². The number of hydrogen-bond donors (Lipinski definition) is 4. The van der Waals surface area contributed by atoms with Gasteiger partial charge in [-0.05, 0) is 26.0 Å². The van der Waals surface area contributed by atoms with Crippen LogP contribution in [-0.2, 0) is 23.4 Å². The fourth-order valence-electron chi connectivity index (χ4n) is 3.77. The highest BCUT2D eigenvalue weighted by Crippen LogP contribution is 2.47. The number of aromatic nitrogens is 4. The zero-order valence-electron chi connectivity index (χ0n) is 19.7. The number of esters is 1. The number of carbonyl (C=O) groups is 1. The van der Waals surface area contributed by atoms with Crippen molar-refractivity contribution in [1.29, 1.82) is 0 Å². The Morgan fingerprint density at radius 1 is 1.33 bits per heavy atom. The molecular weight excluding hydrogens is 495 g/mol. The third kappa shape index (κ3) is 5.05. The number of ether oxygens (including phenoxy) is 2. The molecule has 5 N–H and O–H groups in total. The normalized spacial score (nSPS) is 26.4. The Hall–Kier alpha value is -3.13. The lowest BCUT2D eigenvalue weighted by molar-refractivity contribution is -0.142. The van der Waals surface area contributed by atoms with Gasteiger partial charge in [0.2, 0.25) is 0 Å². The number of benzene rings is 1. The van der Waals surface area contributed by atoms with Crippen molar-refractivity contribution >= 4 is 30.7 Å². The van der Waals surface area contributed by atoms with Crippen molar-refractivity contribution in [2.45, 2.75) is 43.9 Å². The number of nitrogens with two attached hydrogens (primary N) is 1. The second-order valence-corrected chi connectivity index (χ2v) is 10.0. The first-order chi connectivity index (χ1) is 17.1. The Labute approximate surface area is 206 Å². The van der Waals surface area contributed by atoms with Crippen LogP contribution < -0.4 is 15.3 Å². The highest BCUT2D eigenvalue weighted by molar-refractivity contribution is 7.52. The summed E-state index contributed by atoms with van der Waals surface area (Å²) in [5, 5.41) is 24.4. The number of imidazole rings is 1. The summed E-state index contributed by atoms with van der Waals surface area (Å²) >= 11 is 0. The second-order valence-electron chi connectivity index (χ2n) is 8.35. The molecular formula is C21H27N6O8P. The van der Waals surface area contributed by atoms with Crippen molar-refractivity contribution in [2.24, 2.45) is 0 Å². The summed E-state index contributed by atoms with van der Waals surface area (Å²) in [5.41, 5.74) is 4.60. The number of para-hydroxylation sites is 1. The molecule has 3 aromatic rings. The van der Waals surface area contributed by atoms with E-state index in [1.807, 2.05) is 0 Å². The molecule has 1 aromatic carbocycles. The van der Waals surface area contributed by atoms with E-state index < -0.39 is 50.4 Å². The third-order valence-electron chi connectivity index (χ3n) is 5.68. The molecule has 36 heavy (non-hydrogen) atoms. The van der Waals surface area contributed by atoms with E-state index in [0.29, 0.717) is 5.52 Å². The van der Waals surface area contributed by atoms with Gasteiger partial charge in [-0.3, -0.25) is 13.9 Å². The largest absolute Gasteiger partial charge is 0.468 e. The number of hydrogen-bond acceptors (Lipinski definition) is 12. The molecule has 1 unspecified atom stereocenters. The SMILES string of the molecule is COC(=O)[C@H](C)NP(=O)(OC[C@H]1O[C@@H](n2cnc3c(N)ncnc32)[C@](C)(O)[C@@H]1O)Oc1ccccc1. The molecule has 1 saturated heterocycles. The number of carbonyl (C=O) groups excluding carboxylic acids is 1. The molecule has 6 atom stereocenters. The van der Waals surface area contributed by atoms with Crippen LogP contribution in [0.2, 0.25) is 0 Å². The minimum absolute atomic E-state index is 0.140. The summed E-state index contributed by atoms with van der Waals surface area (Å²) in [4.78, 5) is 24.1. The van der Waals surface area contributed by atoms with E-state index in [9.17, 15) is 19.6 Å². The summed E-state index contributed by atoms with van der Waals surface area (Å²) in [6.07, 6.45) is -1.17. The van der Waals surface area contributed by atoms with Crippen LogP contribution >= 0.6 is 7.75 Å². The minimum atomic E-state index is -4.19. The maximum atomic E-state index is 13.6. The monoisotopic (exact) mass is 522 g/mol. The Kier molecular flexibility index (Phi) is 7.27. The molecule has 0 spiro atoms. The van der Waals surface area contributed by atoms with Crippen LogP contribution in [0.5, 0.6) is 5.75 Å². The zero-order chi connectivity index (χ0) is 26.1. The van der Waals surface area contributed by atoms with Gasteiger partial charge in [0, 0.05) is 0 Å². The quantitative estimate of drug-likeness (QED) is 0.228. The molecule has 1 fully saturated rings. The second kappa shape index (κ2) is 10.1. The van der Waals surface area contributed by atoms with E-state index in [-0.39, 0.29) is 17.2 Å². The van der Waals surface area contributed by atoms with Crippen molar-refractivity contribution in [1.82, 2.24) is 24.6 Å². The molecule has 14 nitrogen and oxygen atoms in total. The van der Waals surface area contributed by atoms with Crippen LogP contribution in [0.25, 0.3) is 11.2 Å². The predicted molar refractivity (Wildman–Crippen MR) is 126 cm³/mol. The van der Waals surface area contributed by atoms with Gasteiger partial charge in [0.1, 0.15) is 41.4 Å². The van der Waals surface area contributed by atoms with Crippen LogP contribution in [0.15, 0.2) is 43.0 Å². The third-order valence-corrected chi connectivity index (χ3v) is 7.32. The summed E-state index contributed by atoms with van der Waals surface area (Å²) in [5.74, 6) is -0.337. The molecule has 2 aromatic heterocycles. The molecule has 3 heterocycles. The Morgan fingerprint density at radius 2 is 2.06 bits per heavy atom. The summed E-state index contributed by atoms with van der Waals surface area (Å²) < 4.78 is 36.7. The number of nitrogens with one attached hydrogen (secondary N) is 1. The molecule has 0 saturated carbocycles. The number of rotatable bonds is 9. The summed E-state index contributed by atoms with van der Waals surface area (Å²) in [7, 11) is -3.00. The number of aliphatic hydroxyl groups excluding tert-OH is 1. The average molecular weight is 522 g/mol. The van der Waals surface area contributed by atoms with Gasteiger partial charge >= 0.3 is 13.7 Å². The van der Waals surface area contributed by atoms with Gasteiger partial charge in [0.05, 0.1) is 20.0 Å². The van der Waals surface area contributed by atoms with Gasteiger partial charge in [-0.2, -0.15) is 5.09 Å². The lowest BCUT2D eigenvalue weighted by atomic mass is 9.96. The van der Waals surface area contributed by atoms with Crippen molar-refractivity contribution in [2.75, 3.05) is 19.5 Å². The lowest BCUT2D eigenvalue weighted by Gasteiger charge is -2.27. The van der Waals surface area contributed by atoms with Gasteiger partial charge in [-0.25, -0.2) is 19.5 Å². The van der Waals surface area contributed by atoms with Crippen LogP contribution in [-0.4, -0.2) is 73.3 Å². The number of fused-ring (bicyclic) bond motifs is 1. The van der Waals surface area contributed by atoms with Crippen molar-refractivity contribution in [3.8, 4) is 5.75 Å². The first-order valence-electron chi connectivity index (χ1n) is 10.9. The molecule has 0 aliphatic carbocycles. The molecule has 0 amide bonds. The number of methoxy groups -OCH3 is 1. The molecule has 1 aliphatic heterocycles. The number of nitrogen functional groups attached to an aromatic ring is 1. The number of aliphatic hydroxyl groups is 2. The maximum absolute atomic E-state index is 13.6. The van der Waals surface area contributed by atoms with E-state index in [1.165, 1.54) is 38.2 Å². The van der Waals surface area contributed by atoms with Crippen molar-refractivity contribution < 1.29 is 38.1 Å². The fraction of sp³-hybridized carbons (Fsp3) is 0.429. The minimum Gasteiger partial charge on any atom is -0.468 e. The van der Waals surface area contributed by atoms with Crippen molar-refractivity contribution in [3.63, 3.8) is 0 Å². The van der Waals surface area contributed by atoms with Gasteiger partial charge in [0.25, 0.3) is 0 Å². The van der Waals surface area contributed by atoms with Gasteiger partial charge < -0.3 is 29.9 Å². The summed E-state index contributed by atoms with van der Waals surface area (Å²) in [6.45, 7) is 2.33. The highest BCUT2D eigenvalue weighted by Gasteiger charge is 2.54. The summed E-state index contributed by atoms with van der Waals surface area (Å²) in [6, 6.07) is 7.14. The van der Waals surface area contributed by atoms with Gasteiger partial charge in [-0.15, -0.1) is 0 Å². The van der Waals surface area contributed by atoms with Gasteiger partial charge in [0.15, 0.2) is 17.7 Å². The van der Waals surface area contributed by atoms with Crippen LogP contribution in [0.4, 0.5) is 5.82 Å². The Balaban J connectivity index is 1.55. The van der Waals surface area contributed by atoms with Gasteiger partial charge in [-0.1, -0.05) is 18.2 Å². The molecule has 1 aliphatic rings. The van der Waals surface area contributed by atoms with E-state index in [1.54, 1.807) is 30.3 Å². The van der Waals surface area contributed by atoms with E-state index in [0.717, 1.165) is 0 Å². The number of anilines is 1. The lowest BCUT2D eigenvalue weighted by Crippen LogP contribution is -2.44. The smallest absolute Gasteiger partial charge is 0.459 e. The van der Waals surface area contributed by atoms with Crippen LogP contribution in [0.3, 0.4) is 0 Å². The van der Waals surface area contributed by atoms with Crippen LogP contribution in [0, 0.1) is 0 Å². The molecule has 4 rings (SSSR count). The standard InChI is InChI=1S/C21H27N6O8P/c1-12(19(29)32-3)26-36(31,35-13-7-5-4-6-8-13)33-9-14-16(28)21(2,30)20(34-14)27-11-25-15-17(22)23-10-24-18(15)27/h4-8,10-12,14,16,20,28,30H,9H2,1-3H3,(H,26,31)(H2,22,23,24)/t12-,14+,16+,20+,21+,36?/m0/s1. The molecule has 0 bridgehead atoms. The first kappa shape index (κ1) is 25.9. The maximum Gasteiger partial charge on any atom is 0.459 e. The van der Waals surface area contributed by atoms with E-state index in [4.69, 9.17) is 19.5 Å². The topological polar surface area (TPSA) is 193 Å². The first-order valence-corrected chi connectivity index (χ1v) is 12.4. The molecule has 0 radical (unpaired) electrons. The van der Waals surface area contributed by atoms with E-state index in [2.05, 4.69) is 24.8 Å². The van der Waals surface area contributed by atoms with Crippen LogP contribution in [0.1, 0.15) is 20.1 Å². The molecule has 194 valence electrons. The Bertz CT molecular complexity index is 1270. The zero-order valence-corrected chi connectivity index (χ0v) is 20.6. The Morgan fingerprint density at radius 3 is 2.75 bits per heavy atom. The average Bonchev–Trinajstić information content (AvgIpc) is 3.37. The highest BCUT2D eigenvalue weighted by atomic mass is 31.2. The van der Waals surface area contributed by atoms with E-state index >= 15 is 0 Å².